The Morgan fingerprint density at radius 2 is 1.57 bits per heavy atom. The van der Waals surface area contributed by atoms with Crippen LogP contribution in [-0.2, 0) is 9.59 Å². The molecule has 0 aliphatic carbocycles. The van der Waals surface area contributed by atoms with Gasteiger partial charge in [0, 0.05) is 16.8 Å². The van der Waals surface area contributed by atoms with Gasteiger partial charge in [0.05, 0.1) is 18.7 Å². The number of hydrogen-bond donors (Lipinski definition) is 1. The molecule has 3 aromatic carbocycles. The number of aliphatic hydroxyl groups excluding tert-OH is 1. The van der Waals surface area contributed by atoms with Crippen LogP contribution in [0.2, 0.25) is 0 Å². The monoisotopic (exact) mass is 403 g/mol. The van der Waals surface area contributed by atoms with E-state index in [0.717, 1.165) is 0 Å². The van der Waals surface area contributed by atoms with Gasteiger partial charge < -0.3 is 9.84 Å². The summed E-state index contributed by atoms with van der Waals surface area (Å²) >= 11 is 0. The minimum Gasteiger partial charge on any atom is -0.507 e. The van der Waals surface area contributed by atoms with Crippen molar-refractivity contribution in [2.24, 2.45) is 0 Å². The quantitative estimate of drug-likeness (QED) is 0.397. The molecule has 1 aliphatic rings. The molecule has 3 aromatic rings. The first-order valence-electron chi connectivity index (χ1n) is 9.28. The number of para-hydroxylation sites is 1. The molecule has 1 fully saturated rings. The van der Waals surface area contributed by atoms with Crippen molar-refractivity contribution in [3.63, 3.8) is 0 Å². The molecule has 0 spiro atoms. The van der Waals surface area contributed by atoms with Crippen molar-refractivity contribution < 1.29 is 23.8 Å². The van der Waals surface area contributed by atoms with E-state index in [4.69, 9.17) is 4.74 Å². The van der Waals surface area contributed by atoms with Crippen LogP contribution in [-0.4, -0.2) is 23.9 Å². The molecule has 1 N–H and O–H groups in total. The average Bonchev–Trinajstić information content (AvgIpc) is 3.05. The highest BCUT2D eigenvalue weighted by atomic mass is 19.1. The second-order valence-electron chi connectivity index (χ2n) is 6.75. The molecule has 0 radical (unpaired) electrons. The average molecular weight is 403 g/mol. The summed E-state index contributed by atoms with van der Waals surface area (Å²) in [6, 6.07) is 19.8. The van der Waals surface area contributed by atoms with Gasteiger partial charge in [0.25, 0.3) is 11.7 Å². The van der Waals surface area contributed by atoms with Crippen LogP contribution in [0.5, 0.6) is 5.75 Å². The van der Waals surface area contributed by atoms with Crippen LogP contribution in [0, 0.1) is 5.82 Å². The molecular weight excluding hydrogens is 385 g/mol. The number of rotatable bonds is 4. The molecule has 4 rings (SSSR count). The van der Waals surface area contributed by atoms with Crippen molar-refractivity contribution in [1.82, 2.24) is 0 Å². The normalized spacial score (nSPS) is 17.9. The molecule has 6 heteroatoms. The third-order valence-electron chi connectivity index (χ3n) is 5.03. The number of amides is 1. The number of anilines is 1. The summed E-state index contributed by atoms with van der Waals surface area (Å²) in [5.74, 6) is -1.93. The van der Waals surface area contributed by atoms with E-state index in [1.807, 2.05) is 0 Å². The zero-order chi connectivity index (χ0) is 21.3. The lowest BCUT2D eigenvalue weighted by Crippen LogP contribution is -2.29. The fraction of sp³-hybridized carbons (Fsp3) is 0.0833. The SMILES string of the molecule is COc1ccccc1C1C(=C(O)c2ccccc2)C(=O)C(=O)N1c1ccc(F)cc1. The number of nitrogens with zero attached hydrogens (tertiary/aromatic N) is 1. The first kappa shape index (κ1) is 19.4. The number of halogens is 1. The van der Waals surface area contributed by atoms with Gasteiger partial charge in [0.1, 0.15) is 17.3 Å². The molecule has 150 valence electrons. The molecular formula is C24H18FNO4. The number of ether oxygens (including phenoxy) is 1. The number of benzene rings is 3. The number of methoxy groups -OCH3 is 1. The maximum Gasteiger partial charge on any atom is 0.300 e. The van der Waals surface area contributed by atoms with Gasteiger partial charge in [0.2, 0.25) is 0 Å². The van der Waals surface area contributed by atoms with Crippen LogP contribution in [0.1, 0.15) is 17.2 Å². The van der Waals surface area contributed by atoms with Gasteiger partial charge in [-0.05, 0) is 30.3 Å². The van der Waals surface area contributed by atoms with Gasteiger partial charge in [0.15, 0.2) is 0 Å². The van der Waals surface area contributed by atoms with Crippen LogP contribution < -0.4 is 9.64 Å². The number of ketones is 1. The summed E-state index contributed by atoms with van der Waals surface area (Å²) in [6.45, 7) is 0. The number of aliphatic hydroxyl groups is 1. The van der Waals surface area contributed by atoms with Crippen LogP contribution in [0.15, 0.2) is 84.4 Å². The Morgan fingerprint density at radius 3 is 2.23 bits per heavy atom. The van der Waals surface area contributed by atoms with Gasteiger partial charge in [-0.15, -0.1) is 0 Å². The van der Waals surface area contributed by atoms with Gasteiger partial charge in [-0.1, -0.05) is 48.5 Å². The van der Waals surface area contributed by atoms with E-state index in [0.29, 0.717) is 22.6 Å². The number of carbonyl (C=O) groups is 2. The first-order chi connectivity index (χ1) is 14.5. The molecule has 1 aliphatic heterocycles. The zero-order valence-electron chi connectivity index (χ0n) is 16.1. The minimum absolute atomic E-state index is 0.0555. The molecule has 30 heavy (non-hydrogen) atoms. The van der Waals surface area contributed by atoms with Crippen LogP contribution in [0.25, 0.3) is 5.76 Å². The topological polar surface area (TPSA) is 66.8 Å². The van der Waals surface area contributed by atoms with Crippen LogP contribution in [0.4, 0.5) is 10.1 Å². The summed E-state index contributed by atoms with van der Waals surface area (Å²) in [7, 11) is 1.49. The van der Waals surface area contributed by atoms with Crippen molar-refractivity contribution in [2.75, 3.05) is 12.0 Å². The molecule has 1 amide bonds. The molecule has 1 saturated heterocycles. The highest BCUT2D eigenvalue weighted by Gasteiger charge is 2.47. The lowest BCUT2D eigenvalue weighted by molar-refractivity contribution is -0.132. The van der Waals surface area contributed by atoms with Gasteiger partial charge in [-0.2, -0.15) is 0 Å². The first-order valence-corrected chi connectivity index (χ1v) is 9.28. The number of Topliss-reactive ketones (excluding diaryl/α,β-unsaturated/α-hetero) is 1. The summed E-state index contributed by atoms with van der Waals surface area (Å²) in [6.07, 6.45) is 0. The van der Waals surface area contributed by atoms with E-state index in [9.17, 15) is 19.1 Å². The second kappa shape index (κ2) is 7.83. The Kier molecular flexibility index (Phi) is 5.06. The molecule has 1 atom stereocenters. The van der Waals surface area contributed by atoms with E-state index in [1.165, 1.54) is 36.3 Å². The van der Waals surface area contributed by atoms with Crippen molar-refractivity contribution in [1.29, 1.82) is 0 Å². The molecule has 0 aromatic heterocycles. The molecule has 1 unspecified atom stereocenters. The van der Waals surface area contributed by atoms with E-state index >= 15 is 0 Å². The Hall–Kier alpha value is -3.93. The number of carbonyl (C=O) groups excluding carboxylic acids is 2. The number of hydrogen-bond acceptors (Lipinski definition) is 4. The Bertz CT molecular complexity index is 1140. The lowest BCUT2D eigenvalue weighted by atomic mass is 9.94. The van der Waals surface area contributed by atoms with Crippen LogP contribution in [0.3, 0.4) is 0 Å². The van der Waals surface area contributed by atoms with E-state index in [2.05, 4.69) is 0 Å². The minimum atomic E-state index is -0.938. The smallest absolute Gasteiger partial charge is 0.300 e. The lowest BCUT2D eigenvalue weighted by Gasteiger charge is -2.26. The third-order valence-corrected chi connectivity index (χ3v) is 5.03. The van der Waals surface area contributed by atoms with Crippen molar-refractivity contribution >= 4 is 23.1 Å². The predicted molar refractivity (Wildman–Crippen MR) is 111 cm³/mol. The Morgan fingerprint density at radius 1 is 0.933 bits per heavy atom. The van der Waals surface area contributed by atoms with E-state index in [1.54, 1.807) is 54.6 Å². The standard InChI is InChI=1S/C24H18FNO4/c1-30-19-10-6-5-9-18(19)21-20(22(27)15-7-3-2-4-8-15)23(28)24(29)26(21)17-13-11-16(25)12-14-17/h2-14,21,27H,1H3. The third kappa shape index (κ3) is 3.22. The largest absolute Gasteiger partial charge is 0.507 e. The highest BCUT2D eigenvalue weighted by Crippen LogP contribution is 2.44. The summed E-state index contributed by atoms with van der Waals surface area (Å²) in [5, 5.41) is 11.0. The predicted octanol–water partition coefficient (Wildman–Crippen LogP) is 4.46. The van der Waals surface area contributed by atoms with Gasteiger partial charge in [-0.3, -0.25) is 14.5 Å². The Labute approximate surface area is 172 Å². The molecule has 0 saturated carbocycles. The van der Waals surface area contributed by atoms with Gasteiger partial charge in [-0.25, -0.2) is 4.39 Å². The maximum atomic E-state index is 13.5. The summed E-state index contributed by atoms with van der Waals surface area (Å²) < 4.78 is 18.9. The maximum absolute atomic E-state index is 13.5. The fourth-order valence-electron chi connectivity index (χ4n) is 3.64. The summed E-state index contributed by atoms with van der Waals surface area (Å²) in [4.78, 5) is 27.3. The van der Waals surface area contributed by atoms with E-state index in [-0.39, 0.29) is 11.3 Å². The van der Waals surface area contributed by atoms with Crippen molar-refractivity contribution in [3.8, 4) is 5.75 Å². The second-order valence-corrected chi connectivity index (χ2v) is 6.75. The fourth-order valence-corrected chi connectivity index (χ4v) is 3.64. The molecule has 5 nitrogen and oxygen atoms in total. The van der Waals surface area contributed by atoms with E-state index < -0.39 is 23.5 Å². The molecule has 0 bridgehead atoms. The molecule has 1 heterocycles. The highest BCUT2D eigenvalue weighted by molar-refractivity contribution is 6.51. The summed E-state index contributed by atoms with van der Waals surface area (Å²) in [5.41, 5.74) is 1.22. The Balaban J connectivity index is 1.98. The van der Waals surface area contributed by atoms with Gasteiger partial charge >= 0.3 is 0 Å². The zero-order valence-corrected chi connectivity index (χ0v) is 16.1. The van der Waals surface area contributed by atoms with Crippen molar-refractivity contribution in [3.05, 3.63) is 101 Å². The van der Waals surface area contributed by atoms with Crippen LogP contribution >= 0.6 is 0 Å². The van der Waals surface area contributed by atoms with Crippen molar-refractivity contribution in [2.45, 2.75) is 6.04 Å².